The Balaban J connectivity index is 3.27. The van der Waals surface area contributed by atoms with Gasteiger partial charge in [-0.2, -0.15) is 0 Å². The molecule has 0 spiro atoms. The summed E-state index contributed by atoms with van der Waals surface area (Å²) in [4.78, 5) is 0. The molecular weight excluding hydrogens is 139 g/mol. The molecule has 0 aliphatic rings. The lowest BCUT2D eigenvalue weighted by Crippen LogP contribution is -2.02. The highest BCUT2D eigenvalue weighted by molar-refractivity contribution is 7.38. The average molecular weight is 160 g/mol. The van der Waals surface area contributed by atoms with E-state index in [1.807, 2.05) is 0 Å². The smallest absolute Gasteiger partial charge is 0.0263 e. The van der Waals surface area contributed by atoms with Gasteiger partial charge in [0.2, 0.25) is 0 Å². The summed E-state index contributed by atoms with van der Waals surface area (Å²) in [6, 6.07) is 0. The zero-order chi connectivity index (χ0) is 7.98. The van der Waals surface area contributed by atoms with Crippen LogP contribution in [0.15, 0.2) is 0 Å². The Labute approximate surface area is 67.6 Å². The summed E-state index contributed by atoms with van der Waals surface area (Å²) in [7, 11) is 1.18. The number of rotatable bonds is 5. The molecule has 0 fully saturated rings. The van der Waals surface area contributed by atoms with E-state index in [1.165, 1.54) is 27.6 Å². The second kappa shape index (κ2) is 6.16. The van der Waals surface area contributed by atoms with Crippen LogP contribution in [-0.4, -0.2) is 11.8 Å². The summed E-state index contributed by atoms with van der Waals surface area (Å²) in [6.07, 6.45) is 4.15. The molecule has 10 heavy (non-hydrogen) atoms. The van der Waals surface area contributed by atoms with Gasteiger partial charge in [-0.05, 0) is 24.2 Å². The van der Waals surface area contributed by atoms with Crippen molar-refractivity contribution in [3.05, 3.63) is 0 Å². The van der Waals surface area contributed by atoms with Gasteiger partial charge in [-0.3, -0.25) is 0 Å². The zero-order valence-electron chi connectivity index (χ0n) is 7.78. The highest BCUT2D eigenvalue weighted by atomic mass is 31.1. The Morgan fingerprint density at radius 3 is 2.20 bits per heavy atom. The van der Waals surface area contributed by atoms with E-state index in [9.17, 15) is 0 Å². The van der Waals surface area contributed by atoms with Crippen LogP contribution in [0.3, 0.4) is 0 Å². The van der Waals surface area contributed by atoms with Gasteiger partial charge in [-0.1, -0.05) is 34.1 Å². The fourth-order valence-electron chi connectivity index (χ4n) is 1.20. The first-order valence-electron chi connectivity index (χ1n) is 4.44. The number of hydrogen-bond acceptors (Lipinski definition) is 0. The zero-order valence-corrected chi connectivity index (χ0v) is 8.78. The topological polar surface area (TPSA) is 0 Å². The minimum Gasteiger partial charge on any atom is -0.119 e. The Morgan fingerprint density at radius 1 is 1.20 bits per heavy atom. The Bertz CT molecular complexity index is 71.1. The predicted molar refractivity (Wildman–Crippen MR) is 52.4 cm³/mol. The highest BCUT2D eigenvalue weighted by Crippen LogP contribution is 2.24. The van der Waals surface area contributed by atoms with Gasteiger partial charge >= 0.3 is 0 Å². The van der Waals surface area contributed by atoms with E-state index >= 15 is 0 Å². The van der Waals surface area contributed by atoms with Crippen molar-refractivity contribution in [3.8, 4) is 0 Å². The lowest BCUT2D eigenvalue weighted by atomic mass is 10.0. The monoisotopic (exact) mass is 160 g/mol. The Kier molecular flexibility index (Phi) is 6.43. The summed E-state index contributed by atoms with van der Waals surface area (Å²) in [6.45, 7) is 9.31. The van der Waals surface area contributed by atoms with Crippen molar-refractivity contribution in [2.24, 2.45) is 5.92 Å². The van der Waals surface area contributed by atoms with Crippen LogP contribution in [0.25, 0.3) is 0 Å². The molecule has 0 saturated heterocycles. The van der Waals surface area contributed by atoms with E-state index in [0.29, 0.717) is 0 Å². The maximum Gasteiger partial charge on any atom is -0.0263 e. The average Bonchev–Trinajstić information content (AvgIpc) is 1.88. The van der Waals surface area contributed by atoms with Gasteiger partial charge in [-0.15, -0.1) is 8.58 Å². The summed E-state index contributed by atoms with van der Waals surface area (Å²) in [5, 5.41) is 0. The Hall–Kier alpha value is 0.430. The highest BCUT2D eigenvalue weighted by Gasteiger charge is 2.04. The molecule has 0 amide bonds. The first kappa shape index (κ1) is 10.4. The second-order valence-corrected chi connectivity index (χ2v) is 5.31. The van der Waals surface area contributed by atoms with E-state index in [1.54, 1.807) is 0 Å². The molecular formula is C9H21P. The molecule has 0 aromatic carbocycles. The van der Waals surface area contributed by atoms with Crippen LogP contribution < -0.4 is 0 Å². The lowest BCUT2D eigenvalue weighted by molar-refractivity contribution is 0.514. The lowest BCUT2D eigenvalue weighted by Gasteiger charge is -2.14. The molecule has 0 aliphatic carbocycles. The van der Waals surface area contributed by atoms with E-state index in [4.69, 9.17) is 0 Å². The quantitative estimate of drug-likeness (QED) is 0.540. The summed E-state index contributed by atoms with van der Waals surface area (Å²) in [5.41, 5.74) is 0.972. The summed E-state index contributed by atoms with van der Waals surface area (Å²) < 4.78 is 0. The fourth-order valence-corrected chi connectivity index (χ4v) is 2.47. The third-order valence-electron chi connectivity index (χ3n) is 2.01. The van der Waals surface area contributed by atoms with Gasteiger partial charge < -0.3 is 0 Å². The van der Waals surface area contributed by atoms with Crippen molar-refractivity contribution < 1.29 is 0 Å². The summed E-state index contributed by atoms with van der Waals surface area (Å²) >= 11 is 0. The predicted octanol–water partition coefficient (Wildman–Crippen LogP) is 3.51. The molecule has 0 bridgehead atoms. The van der Waals surface area contributed by atoms with Crippen LogP contribution in [0.5, 0.6) is 0 Å². The largest absolute Gasteiger partial charge is 0.119 e. The minimum atomic E-state index is 0.939. The van der Waals surface area contributed by atoms with Gasteiger partial charge in [0.15, 0.2) is 0 Å². The SMILES string of the molecule is CCPC(C)CC(C)CC. The standard InChI is InChI=1S/C9H21P/c1-5-8(3)7-9(4)10-6-2/h8-10H,5-7H2,1-4H3. The number of hydrogen-bond donors (Lipinski definition) is 0. The van der Waals surface area contributed by atoms with Crippen molar-refractivity contribution in [1.29, 1.82) is 0 Å². The van der Waals surface area contributed by atoms with Gasteiger partial charge in [-0.25, -0.2) is 0 Å². The van der Waals surface area contributed by atoms with Crippen molar-refractivity contribution in [3.63, 3.8) is 0 Å². The first-order valence-corrected chi connectivity index (χ1v) is 5.72. The van der Waals surface area contributed by atoms with E-state index in [0.717, 1.165) is 11.6 Å². The molecule has 0 aromatic heterocycles. The molecule has 3 unspecified atom stereocenters. The molecule has 0 radical (unpaired) electrons. The van der Waals surface area contributed by atoms with E-state index in [-0.39, 0.29) is 0 Å². The van der Waals surface area contributed by atoms with Gasteiger partial charge in [0.25, 0.3) is 0 Å². The fraction of sp³-hybridized carbons (Fsp3) is 1.00. The second-order valence-electron chi connectivity index (χ2n) is 3.21. The van der Waals surface area contributed by atoms with Crippen molar-refractivity contribution in [2.45, 2.75) is 46.2 Å². The molecule has 3 atom stereocenters. The molecule has 0 heterocycles. The molecule has 0 saturated carbocycles. The molecule has 0 N–H and O–H groups in total. The normalized spacial score (nSPS) is 18.0. The third-order valence-corrected chi connectivity index (χ3v) is 3.35. The van der Waals surface area contributed by atoms with Crippen molar-refractivity contribution in [1.82, 2.24) is 0 Å². The van der Waals surface area contributed by atoms with Crippen LogP contribution in [0.4, 0.5) is 0 Å². The van der Waals surface area contributed by atoms with E-state index < -0.39 is 0 Å². The summed E-state index contributed by atoms with van der Waals surface area (Å²) in [5.74, 6) is 0.939. The molecule has 0 aromatic rings. The van der Waals surface area contributed by atoms with Gasteiger partial charge in [0, 0.05) is 0 Å². The van der Waals surface area contributed by atoms with E-state index in [2.05, 4.69) is 27.7 Å². The molecule has 1 heteroatoms. The molecule has 0 nitrogen and oxygen atoms in total. The van der Waals surface area contributed by atoms with Crippen molar-refractivity contribution >= 4 is 8.58 Å². The Morgan fingerprint density at radius 2 is 1.80 bits per heavy atom. The van der Waals surface area contributed by atoms with Crippen LogP contribution in [0.1, 0.15) is 40.5 Å². The minimum absolute atomic E-state index is 0.939. The first-order chi connectivity index (χ1) is 4.70. The molecule has 0 aliphatic heterocycles. The van der Waals surface area contributed by atoms with Gasteiger partial charge in [0.05, 0.1) is 0 Å². The third kappa shape index (κ3) is 5.23. The van der Waals surface area contributed by atoms with Gasteiger partial charge in [0.1, 0.15) is 0 Å². The molecule has 62 valence electrons. The maximum absolute atomic E-state index is 2.38. The maximum atomic E-state index is 2.38. The van der Waals surface area contributed by atoms with Crippen LogP contribution >= 0.6 is 8.58 Å². The van der Waals surface area contributed by atoms with Crippen LogP contribution in [-0.2, 0) is 0 Å². The van der Waals surface area contributed by atoms with Crippen LogP contribution in [0.2, 0.25) is 0 Å². The van der Waals surface area contributed by atoms with Crippen LogP contribution in [0, 0.1) is 5.92 Å². The van der Waals surface area contributed by atoms with Crippen molar-refractivity contribution in [2.75, 3.05) is 6.16 Å². The molecule has 0 rings (SSSR count).